The molecule has 1 aliphatic rings. The van der Waals surface area contributed by atoms with Crippen LogP contribution in [0, 0.1) is 5.92 Å². The third kappa shape index (κ3) is 2.06. The molecule has 2 nitrogen and oxygen atoms in total. The molecule has 1 heterocycles. The van der Waals surface area contributed by atoms with E-state index >= 15 is 0 Å². The minimum absolute atomic E-state index is 0.743. The molecule has 0 spiro atoms. The normalized spacial score (nSPS) is 27.5. The number of thiazole rings is 1. The molecule has 66 valence electrons. The largest absolute Gasteiger partial charge is 0.307 e. The molecule has 1 fully saturated rings. The van der Waals surface area contributed by atoms with Crippen molar-refractivity contribution in [2.24, 2.45) is 5.92 Å². The number of nitrogens with one attached hydrogen (secondary N) is 1. The smallest absolute Gasteiger partial charge is 0.107 e. The fraction of sp³-hybridized carbons (Fsp3) is 0.625. The number of hydrogen-bond donors (Lipinski definition) is 1. The van der Waals surface area contributed by atoms with E-state index in [9.17, 15) is 0 Å². The van der Waals surface area contributed by atoms with Gasteiger partial charge >= 0.3 is 0 Å². The Bertz CT molecular complexity index is 274. The molecule has 12 heavy (non-hydrogen) atoms. The van der Waals surface area contributed by atoms with Gasteiger partial charge in [0.1, 0.15) is 5.01 Å². The van der Waals surface area contributed by atoms with E-state index in [0.29, 0.717) is 0 Å². The Morgan fingerprint density at radius 3 is 3.08 bits per heavy atom. The summed E-state index contributed by atoms with van der Waals surface area (Å²) < 4.78 is 1.11. The second-order valence-corrected chi connectivity index (χ2v) is 5.75. The molecule has 1 N–H and O–H groups in total. The SMILES string of the molecule is C[C@@H]1C[C@H]1NCc1ncc(Br)s1. The summed E-state index contributed by atoms with van der Waals surface area (Å²) in [4.78, 5) is 4.25. The summed E-state index contributed by atoms with van der Waals surface area (Å²) in [6, 6.07) is 0.743. The van der Waals surface area contributed by atoms with Crippen LogP contribution in [0.5, 0.6) is 0 Å². The summed E-state index contributed by atoms with van der Waals surface area (Å²) in [6.07, 6.45) is 3.19. The van der Waals surface area contributed by atoms with Crippen molar-refractivity contribution < 1.29 is 0 Å². The van der Waals surface area contributed by atoms with Crippen molar-refractivity contribution in [2.75, 3.05) is 0 Å². The Balaban J connectivity index is 1.80. The lowest BCUT2D eigenvalue weighted by Crippen LogP contribution is -2.16. The van der Waals surface area contributed by atoms with E-state index in [-0.39, 0.29) is 0 Å². The second-order valence-electron chi connectivity index (χ2n) is 3.26. The first kappa shape index (κ1) is 8.66. The Morgan fingerprint density at radius 1 is 1.83 bits per heavy atom. The number of halogens is 1. The maximum absolute atomic E-state index is 4.25. The summed E-state index contributed by atoms with van der Waals surface area (Å²) in [5, 5.41) is 4.63. The standard InChI is InChI=1S/C8H11BrN2S/c1-5-2-6(5)10-4-8-11-3-7(9)12-8/h3,5-6,10H,2,4H2,1H3/t5-,6-/m1/s1. The molecule has 1 aliphatic carbocycles. The first-order valence-corrected chi connectivity index (χ1v) is 5.70. The third-order valence-electron chi connectivity index (χ3n) is 2.15. The summed E-state index contributed by atoms with van der Waals surface area (Å²) in [6.45, 7) is 3.20. The molecule has 0 radical (unpaired) electrons. The van der Waals surface area contributed by atoms with Gasteiger partial charge in [-0.2, -0.15) is 0 Å². The first-order chi connectivity index (χ1) is 5.75. The van der Waals surface area contributed by atoms with Crippen LogP contribution in [0.1, 0.15) is 18.4 Å². The number of hydrogen-bond acceptors (Lipinski definition) is 3. The average Bonchev–Trinajstić information content (AvgIpc) is 2.56. The van der Waals surface area contributed by atoms with E-state index in [1.165, 1.54) is 11.4 Å². The maximum atomic E-state index is 4.25. The zero-order valence-corrected chi connectivity index (χ0v) is 9.28. The van der Waals surface area contributed by atoms with Crippen molar-refractivity contribution in [1.82, 2.24) is 10.3 Å². The average molecular weight is 247 g/mol. The molecule has 0 aliphatic heterocycles. The maximum Gasteiger partial charge on any atom is 0.107 e. The molecule has 0 unspecified atom stereocenters. The molecule has 1 saturated carbocycles. The van der Waals surface area contributed by atoms with E-state index in [2.05, 4.69) is 33.2 Å². The van der Waals surface area contributed by atoms with E-state index in [4.69, 9.17) is 0 Å². The lowest BCUT2D eigenvalue weighted by atomic mass is 10.5. The van der Waals surface area contributed by atoms with Gasteiger partial charge < -0.3 is 5.32 Å². The summed E-state index contributed by atoms with van der Waals surface area (Å²) >= 11 is 5.10. The molecule has 0 amide bonds. The quantitative estimate of drug-likeness (QED) is 0.887. The van der Waals surface area contributed by atoms with Gasteiger partial charge in [0.15, 0.2) is 0 Å². The number of aromatic nitrogens is 1. The minimum atomic E-state index is 0.743. The Morgan fingerprint density at radius 2 is 2.58 bits per heavy atom. The van der Waals surface area contributed by atoms with Gasteiger partial charge in [0.25, 0.3) is 0 Å². The molecule has 1 aromatic rings. The number of rotatable bonds is 3. The van der Waals surface area contributed by atoms with Gasteiger partial charge in [0.05, 0.1) is 9.98 Å². The van der Waals surface area contributed by atoms with Crippen molar-refractivity contribution >= 4 is 27.3 Å². The van der Waals surface area contributed by atoms with Gasteiger partial charge in [-0.05, 0) is 28.3 Å². The van der Waals surface area contributed by atoms with Crippen LogP contribution in [0.4, 0.5) is 0 Å². The van der Waals surface area contributed by atoms with Crippen LogP contribution in [0.3, 0.4) is 0 Å². The summed E-state index contributed by atoms with van der Waals surface area (Å²) in [5.41, 5.74) is 0. The van der Waals surface area contributed by atoms with Gasteiger partial charge in [-0.1, -0.05) is 6.92 Å². The van der Waals surface area contributed by atoms with Gasteiger partial charge in [0.2, 0.25) is 0 Å². The van der Waals surface area contributed by atoms with Crippen molar-refractivity contribution in [3.63, 3.8) is 0 Å². The fourth-order valence-corrected chi connectivity index (χ4v) is 2.45. The van der Waals surface area contributed by atoms with Gasteiger partial charge in [-0.15, -0.1) is 11.3 Å². The molecule has 0 aromatic carbocycles. The van der Waals surface area contributed by atoms with Crippen LogP contribution in [0.15, 0.2) is 9.98 Å². The van der Waals surface area contributed by atoms with Gasteiger partial charge in [-0.3, -0.25) is 0 Å². The topological polar surface area (TPSA) is 24.9 Å². The fourth-order valence-electron chi connectivity index (χ4n) is 1.19. The Hall–Kier alpha value is 0.0700. The summed E-state index contributed by atoms with van der Waals surface area (Å²) in [7, 11) is 0. The minimum Gasteiger partial charge on any atom is -0.307 e. The highest BCUT2D eigenvalue weighted by atomic mass is 79.9. The van der Waals surface area contributed by atoms with Gasteiger partial charge in [0, 0.05) is 12.6 Å². The van der Waals surface area contributed by atoms with Crippen LogP contribution in [-0.4, -0.2) is 11.0 Å². The zero-order chi connectivity index (χ0) is 8.55. The zero-order valence-electron chi connectivity index (χ0n) is 6.88. The second kappa shape index (κ2) is 3.44. The Kier molecular flexibility index (Phi) is 2.48. The highest BCUT2D eigenvalue weighted by Crippen LogP contribution is 2.29. The highest BCUT2D eigenvalue weighted by molar-refractivity contribution is 9.11. The lowest BCUT2D eigenvalue weighted by Gasteiger charge is -1.97. The highest BCUT2D eigenvalue weighted by Gasteiger charge is 2.31. The molecule has 0 saturated heterocycles. The molecular formula is C8H11BrN2S. The van der Waals surface area contributed by atoms with Crippen molar-refractivity contribution in [2.45, 2.75) is 25.9 Å². The Labute approximate surface area is 84.5 Å². The van der Waals surface area contributed by atoms with Crippen LogP contribution < -0.4 is 5.32 Å². The molecular weight excluding hydrogens is 236 g/mol. The molecule has 2 atom stereocenters. The van der Waals surface area contributed by atoms with Crippen LogP contribution >= 0.6 is 27.3 Å². The van der Waals surface area contributed by atoms with Crippen LogP contribution in [-0.2, 0) is 6.54 Å². The first-order valence-electron chi connectivity index (χ1n) is 4.09. The predicted molar refractivity (Wildman–Crippen MR) is 54.2 cm³/mol. The van der Waals surface area contributed by atoms with E-state index in [0.717, 1.165) is 22.3 Å². The van der Waals surface area contributed by atoms with Crippen LogP contribution in [0.2, 0.25) is 0 Å². The lowest BCUT2D eigenvalue weighted by molar-refractivity contribution is 0.650. The van der Waals surface area contributed by atoms with E-state index in [1.807, 2.05) is 6.20 Å². The van der Waals surface area contributed by atoms with Crippen LogP contribution in [0.25, 0.3) is 0 Å². The predicted octanol–water partition coefficient (Wildman–Crippen LogP) is 2.40. The van der Waals surface area contributed by atoms with Gasteiger partial charge in [-0.25, -0.2) is 4.98 Å². The van der Waals surface area contributed by atoms with Crippen molar-refractivity contribution in [1.29, 1.82) is 0 Å². The molecule has 0 bridgehead atoms. The molecule has 2 rings (SSSR count). The third-order valence-corrected chi connectivity index (χ3v) is 3.63. The monoisotopic (exact) mass is 246 g/mol. The molecule has 1 aromatic heterocycles. The number of nitrogens with zero attached hydrogens (tertiary/aromatic N) is 1. The summed E-state index contributed by atoms with van der Waals surface area (Å²) in [5.74, 6) is 0.869. The van der Waals surface area contributed by atoms with Crippen molar-refractivity contribution in [3.05, 3.63) is 15.0 Å². The van der Waals surface area contributed by atoms with E-state index in [1.54, 1.807) is 11.3 Å². The van der Waals surface area contributed by atoms with E-state index < -0.39 is 0 Å². The molecule has 4 heteroatoms. The van der Waals surface area contributed by atoms with Crippen molar-refractivity contribution in [3.8, 4) is 0 Å².